The summed E-state index contributed by atoms with van der Waals surface area (Å²) in [6.45, 7) is 1.23. The standard InChI is InChI=1S/C23H23BrN6O4S2/c1-34-23(31)21-19(6-10-35-21)36(32,33)29-8-4-16(5-9-29)18-11-20(26-13-15-3-2-7-25-12-15)30-22(28-18)17(24)14-27-30/h2-3,6-7,10-12,14,16,26H,4-5,8-9,13H2,1H3. The molecular formula is C23H23BrN6O4S2. The van der Waals surface area contributed by atoms with Crippen LogP contribution in [0.25, 0.3) is 5.65 Å². The molecule has 0 spiro atoms. The Labute approximate surface area is 220 Å². The maximum Gasteiger partial charge on any atom is 0.349 e. The van der Waals surface area contributed by atoms with Gasteiger partial charge in [-0.3, -0.25) is 4.98 Å². The highest BCUT2D eigenvalue weighted by Gasteiger charge is 2.34. The van der Waals surface area contributed by atoms with Crippen molar-refractivity contribution in [2.45, 2.75) is 30.2 Å². The molecule has 0 saturated carbocycles. The Kier molecular flexibility index (Phi) is 7.06. The van der Waals surface area contributed by atoms with E-state index in [2.05, 4.69) is 31.3 Å². The van der Waals surface area contributed by atoms with Crippen molar-refractivity contribution >= 4 is 54.7 Å². The molecule has 0 unspecified atom stereocenters. The fourth-order valence-electron chi connectivity index (χ4n) is 4.26. The number of rotatable bonds is 7. The van der Waals surface area contributed by atoms with Crippen molar-refractivity contribution in [2.75, 3.05) is 25.5 Å². The molecule has 0 atom stereocenters. The monoisotopic (exact) mass is 590 g/mol. The first-order valence-electron chi connectivity index (χ1n) is 11.2. The number of methoxy groups -OCH3 is 1. The van der Waals surface area contributed by atoms with E-state index in [4.69, 9.17) is 9.72 Å². The van der Waals surface area contributed by atoms with Crippen molar-refractivity contribution in [1.29, 1.82) is 0 Å². The lowest BCUT2D eigenvalue weighted by Crippen LogP contribution is -2.38. The van der Waals surface area contributed by atoms with Gasteiger partial charge in [0.25, 0.3) is 0 Å². The number of ether oxygens (including phenoxy) is 1. The van der Waals surface area contributed by atoms with Crippen molar-refractivity contribution in [3.8, 4) is 0 Å². The second-order valence-electron chi connectivity index (χ2n) is 8.29. The zero-order valence-electron chi connectivity index (χ0n) is 19.3. The molecule has 5 heterocycles. The van der Waals surface area contributed by atoms with Gasteiger partial charge in [0.15, 0.2) is 5.65 Å². The van der Waals surface area contributed by atoms with E-state index in [0.717, 1.165) is 32.9 Å². The van der Waals surface area contributed by atoms with Gasteiger partial charge >= 0.3 is 5.97 Å². The van der Waals surface area contributed by atoms with Crippen LogP contribution in [0.2, 0.25) is 0 Å². The van der Waals surface area contributed by atoms with Crippen LogP contribution >= 0.6 is 27.3 Å². The van der Waals surface area contributed by atoms with Gasteiger partial charge in [0, 0.05) is 49.7 Å². The number of hydrogen-bond donors (Lipinski definition) is 1. The molecule has 1 aliphatic rings. The summed E-state index contributed by atoms with van der Waals surface area (Å²) in [6, 6.07) is 7.33. The lowest BCUT2D eigenvalue weighted by atomic mass is 9.94. The van der Waals surface area contributed by atoms with Gasteiger partial charge in [-0.25, -0.2) is 18.2 Å². The third-order valence-corrected chi connectivity index (χ3v) is 9.66. The minimum absolute atomic E-state index is 0.00224. The quantitative estimate of drug-likeness (QED) is 0.322. The van der Waals surface area contributed by atoms with Gasteiger partial charge < -0.3 is 10.1 Å². The summed E-state index contributed by atoms with van der Waals surface area (Å²) in [5, 5.41) is 9.44. The number of piperidine rings is 1. The molecule has 0 bridgehead atoms. The Hall–Kier alpha value is -2.87. The molecule has 10 nitrogen and oxygen atoms in total. The fourth-order valence-corrected chi connectivity index (χ4v) is 7.38. The van der Waals surface area contributed by atoms with E-state index in [1.54, 1.807) is 28.5 Å². The smallest absolute Gasteiger partial charge is 0.349 e. The first-order chi connectivity index (χ1) is 17.4. The molecule has 1 saturated heterocycles. The number of esters is 1. The van der Waals surface area contributed by atoms with Crippen LogP contribution < -0.4 is 5.32 Å². The van der Waals surface area contributed by atoms with Gasteiger partial charge in [0.1, 0.15) is 15.6 Å². The predicted octanol–water partition coefficient (Wildman–Crippen LogP) is 3.92. The SMILES string of the molecule is COC(=O)c1sccc1S(=O)(=O)N1CCC(c2cc(NCc3cccnc3)n3ncc(Br)c3n2)CC1. The Morgan fingerprint density at radius 1 is 1.28 bits per heavy atom. The second kappa shape index (κ2) is 10.2. The van der Waals surface area contributed by atoms with Crippen LogP contribution in [0, 0.1) is 0 Å². The zero-order valence-corrected chi connectivity index (χ0v) is 22.5. The van der Waals surface area contributed by atoms with E-state index in [1.807, 2.05) is 18.2 Å². The summed E-state index contributed by atoms with van der Waals surface area (Å²) in [4.78, 5) is 21.1. The minimum Gasteiger partial charge on any atom is -0.465 e. The average molecular weight is 592 g/mol. The predicted molar refractivity (Wildman–Crippen MR) is 139 cm³/mol. The highest BCUT2D eigenvalue weighted by Crippen LogP contribution is 2.34. The Bertz CT molecular complexity index is 1500. The number of sulfonamides is 1. The summed E-state index contributed by atoms with van der Waals surface area (Å²) in [5.74, 6) is 0.221. The molecule has 4 aromatic rings. The highest BCUT2D eigenvalue weighted by atomic mass is 79.9. The first-order valence-corrected chi connectivity index (χ1v) is 14.3. The summed E-state index contributed by atoms with van der Waals surface area (Å²) < 4.78 is 35.2. The van der Waals surface area contributed by atoms with Crippen molar-refractivity contribution in [1.82, 2.24) is 23.9 Å². The molecule has 188 valence electrons. The van der Waals surface area contributed by atoms with Crippen LogP contribution in [0.4, 0.5) is 5.82 Å². The number of carbonyl (C=O) groups is 1. The number of hydrogen-bond acceptors (Lipinski definition) is 9. The highest BCUT2D eigenvalue weighted by molar-refractivity contribution is 9.10. The van der Waals surface area contributed by atoms with Crippen LogP contribution in [0.1, 0.15) is 39.7 Å². The van der Waals surface area contributed by atoms with E-state index < -0.39 is 16.0 Å². The molecule has 5 rings (SSSR count). The molecular weight excluding hydrogens is 568 g/mol. The summed E-state index contributed by atoms with van der Waals surface area (Å²) >= 11 is 4.59. The number of nitrogens with zero attached hydrogens (tertiary/aromatic N) is 5. The molecule has 0 aromatic carbocycles. The minimum atomic E-state index is -3.81. The second-order valence-corrected chi connectivity index (χ2v) is 12.0. The Balaban J connectivity index is 1.36. The van der Waals surface area contributed by atoms with Crippen molar-refractivity contribution < 1.29 is 17.9 Å². The first kappa shape index (κ1) is 24.8. The van der Waals surface area contributed by atoms with E-state index in [1.165, 1.54) is 17.5 Å². The van der Waals surface area contributed by atoms with Gasteiger partial charge in [-0.15, -0.1) is 11.3 Å². The molecule has 4 aromatic heterocycles. The molecule has 1 fully saturated rings. The van der Waals surface area contributed by atoms with Gasteiger partial charge in [-0.1, -0.05) is 6.07 Å². The maximum atomic E-state index is 13.3. The van der Waals surface area contributed by atoms with Gasteiger partial charge in [-0.2, -0.15) is 13.9 Å². The number of fused-ring (bicyclic) bond motifs is 1. The number of pyridine rings is 1. The number of anilines is 1. The number of thiophene rings is 1. The molecule has 0 aliphatic carbocycles. The van der Waals surface area contributed by atoms with Crippen LogP contribution in [0.3, 0.4) is 0 Å². The third kappa shape index (κ3) is 4.75. The molecule has 0 amide bonds. The molecule has 36 heavy (non-hydrogen) atoms. The van der Waals surface area contributed by atoms with Gasteiger partial charge in [-0.05, 0) is 51.8 Å². The summed E-state index contributed by atoms with van der Waals surface area (Å²) in [6.07, 6.45) is 6.46. The number of carbonyl (C=O) groups excluding carboxylic acids is 1. The van der Waals surface area contributed by atoms with Crippen molar-refractivity contribution in [3.05, 3.63) is 68.8 Å². The Morgan fingerprint density at radius 2 is 2.08 bits per heavy atom. The van der Waals surface area contributed by atoms with Crippen LogP contribution in [0.5, 0.6) is 0 Å². The Morgan fingerprint density at radius 3 is 2.81 bits per heavy atom. The van der Waals surface area contributed by atoms with Gasteiger partial charge in [0.05, 0.1) is 17.8 Å². The fraction of sp³-hybridized carbons (Fsp3) is 0.304. The topological polar surface area (TPSA) is 119 Å². The van der Waals surface area contributed by atoms with Crippen molar-refractivity contribution in [2.24, 2.45) is 0 Å². The summed E-state index contributed by atoms with van der Waals surface area (Å²) in [5.41, 5.74) is 2.60. The van der Waals surface area contributed by atoms with E-state index in [-0.39, 0.29) is 15.7 Å². The molecule has 13 heteroatoms. The lowest BCUT2D eigenvalue weighted by Gasteiger charge is -2.31. The molecule has 1 aliphatic heterocycles. The number of halogens is 1. The summed E-state index contributed by atoms with van der Waals surface area (Å²) in [7, 11) is -2.56. The maximum absolute atomic E-state index is 13.3. The third-order valence-electron chi connectivity index (χ3n) is 6.13. The van der Waals surface area contributed by atoms with E-state index in [9.17, 15) is 13.2 Å². The molecule has 1 N–H and O–H groups in total. The van der Waals surface area contributed by atoms with Gasteiger partial charge in [0.2, 0.25) is 10.0 Å². The van der Waals surface area contributed by atoms with Crippen LogP contribution in [0.15, 0.2) is 57.6 Å². The van der Waals surface area contributed by atoms with Crippen LogP contribution in [-0.4, -0.2) is 58.5 Å². The van der Waals surface area contributed by atoms with Crippen molar-refractivity contribution in [3.63, 3.8) is 0 Å². The number of aromatic nitrogens is 4. The largest absolute Gasteiger partial charge is 0.465 e. The van der Waals surface area contributed by atoms with Crippen LogP contribution in [-0.2, 0) is 21.3 Å². The normalized spacial score (nSPS) is 15.3. The average Bonchev–Trinajstić information content (AvgIpc) is 3.55. The van der Waals surface area contributed by atoms with E-state index in [0.29, 0.717) is 38.1 Å². The molecule has 0 radical (unpaired) electrons. The number of nitrogens with one attached hydrogen (secondary N) is 1. The zero-order chi connectivity index (χ0) is 25.3. The van der Waals surface area contributed by atoms with E-state index >= 15 is 0 Å². The lowest BCUT2D eigenvalue weighted by molar-refractivity contribution is 0.0602.